The molecule has 0 radical (unpaired) electrons. The van der Waals surface area contributed by atoms with Crippen LogP contribution in [0.1, 0.15) is 16.7 Å². The summed E-state index contributed by atoms with van der Waals surface area (Å²) in [5.41, 5.74) is 2.48. The molecule has 0 unspecified atom stereocenters. The van der Waals surface area contributed by atoms with Crippen LogP contribution in [0.4, 0.5) is 0 Å². The standard InChI is InChI=1S/C23H24BNO3/c25-24-28-19-17-26-16-18-27-23(20-10-4-1-5-11-20,21-12-6-2-7-13-21)22-14-8-3-9-15-22/h1-15,25H,16-19H2. The van der Waals surface area contributed by atoms with Crippen LogP contribution in [0.25, 0.3) is 0 Å². The summed E-state index contributed by atoms with van der Waals surface area (Å²) in [6, 6.07) is 30.8. The number of ether oxygens (including phenoxy) is 2. The van der Waals surface area contributed by atoms with Crippen LogP contribution in [0, 0.1) is 5.31 Å². The van der Waals surface area contributed by atoms with E-state index in [4.69, 9.17) is 19.4 Å². The number of hydrogen-bond acceptors (Lipinski definition) is 4. The summed E-state index contributed by atoms with van der Waals surface area (Å²) in [5, 5.41) is 6.86. The summed E-state index contributed by atoms with van der Waals surface area (Å²) in [6.45, 7) is 1.65. The number of nitrogens with one attached hydrogen (secondary N) is 1. The van der Waals surface area contributed by atoms with Crippen molar-refractivity contribution < 1.29 is 14.1 Å². The molecule has 0 saturated carbocycles. The van der Waals surface area contributed by atoms with Gasteiger partial charge in [-0.25, -0.2) is 0 Å². The minimum absolute atomic E-state index is 0.366. The van der Waals surface area contributed by atoms with Crippen molar-refractivity contribution in [3.8, 4) is 0 Å². The summed E-state index contributed by atoms with van der Waals surface area (Å²) in [5.74, 6) is 0. The van der Waals surface area contributed by atoms with E-state index in [1.165, 1.54) is 0 Å². The third-order valence-electron chi connectivity index (χ3n) is 4.52. The fourth-order valence-electron chi connectivity index (χ4n) is 3.29. The molecular formula is C23H24BNO3. The Labute approximate surface area is 166 Å². The number of rotatable bonds is 11. The van der Waals surface area contributed by atoms with Gasteiger partial charge in [-0.3, -0.25) is 0 Å². The fraction of sp³-hybridized carbons (Fsp3) is 0.217. The summed E-state index contributed by atoms with van der Waals surface area (Å²) in [7, 11) is 0.922. The van der Waals surface area contributed by atoms with Crippen LogP contribution in [0.5, 0.6) is 0 Å². The average molecular weight is 373 g/mol. The second-order valence-electron chi connectivity index (χ2n) is 6.23. The topological polar surface area (TPSA) is 51.5 Å². The van der Waals surface area contributed by atoms with Gasteiger partial charge in [0.05, 0.1) is 0 Å². The first kappa shape index (κ1) is 20.0. The Kier molecular flexibility index (Phi) is 7.53. The zero-order valence-corrected chi connectivity index (χ0v) is 15.8. The van der Waals surface area contributed by atoms with Crippen LogP contribution >= 0.6 is 0 Å². The van der Waals surface area contributed by atoms with Crippen molar-refractivity contribution in [2.75, 3.05) is 26.4 Å². The van der Waals surface area contributed by atoms with Crippen molar-refractivity contribution in [1.82, 2.24) is 0 Å². The van der Waals surface area contributed by atoms with Gasteiger partial charge >= 0.3 is 166 Å². The maximum atomic E-state index is 6.86. The molecule has 0 amide bonds. The molecule has 0 atom stereocenters. The van der Waals surface area contributed by atoms with Crippen molar-refractivity contribution >= 4 is 7.27 Å². The molecule has 0 heterocycles. The van der Waals surface area contributed by atoms with Gasteiger partial charge in [0.2, 0.25) is 0 Å². The monoisotopic (exact) mass is 373 g/mol. The number of hydrogen-bond donors (Lipinski definition) is 1. The molecule has 142 valence electrons. The minimum atomic E-state index is -0.724. The molecule has 0 aliphatic heterocycles. The first-order valence-electron chi connectivity index (χ1n) is 9.37. The van der Waals surface area contributed by atoms with E-state index < -0.39 is 5.60 Å². The Morgan fingerprint density at radius 2 is 1.04 bits per heavy atom. The van der Waals surface area contributed by atoms with Crippen molar-refractivity contribution in [2.45, 2.75) is 5.60 Å². The molecule has 0 saturated heterocycles. The van der Waals surface area contributed by atoms with E-state index in [2.05, 4.69) is 36.4 Å². The van der Waals surface area contributed by atoms with Crippen molar-refractivity contribution in [2.24, 2.45) is 0 Å². The van der Waals surface area contributed by atoms with Crippen LogP contribution < -0.4 is 0 Å². The molecular weight excluding hydrogens is 349 g/mol. The molecule has 3 rings (SSSR count). The Balaban J connectivity index is 1.92. The first-order chi connectivity index (χ1) is 13.9. The van der Waals surface area contributed by atoms with Gasteiger partial charge in [0.25, 0.3) is 0 Å². The van der Waals surface area contributed by atoms with Gasteiger partial charge in [0.1, 0.15) is 0 Å². The predicted octanol–water partition coefficient (Wildman–Crippen LogP) is 4.41. The van der Waals surface area contributed by atoms with Crippen LogP contribution in [-0.2, 0) is 19.7 Å². The van der Waals surface area contributed by atoms with Crippen molar-refractivity contribution in [1.29, 1.82) is 5.31 Å². The summed E-state index contributed by atoms with van der Waals surface area (Å²) in [4.78, 5) is 0. The maximum absolute atomic E-state index is 6.86. The van der Waals surface area contributed by atoms with Gasteiger partial charge in [0.15, 0.2) is 0 Å². The Morgan fingerprint density at radius 3 is 1.46 bits per heavy atom. The van der Waals surface area contributed by atoms with E-state index in [1.807, 2.05) is 54.6 Å². The first-order valence-corrected chi connectivity index (χ1v) is 9.37. The Hall–Kier alpha value is -2.76. The molecule has 5 heteroatoms. The Morgan fingerprint density at radius 1 is 0.607 bits per heavy atom. The van der Waals surface area contributed by atoms with E-state index in [0.717, 1.165) is 24.0 Å². The number of benzene rings is 3. The molecule has 0 aliphatic carbocycles. The van der Waals surface area contributed by atoms with Crippen LogP contribution in [-0.4, -0.2) is 33.7 Å². The van der Waals surface area contributed by atoms with Gasteiger partial charge < -0.3 is 0 Å². The van der Waals surface area contributed by atoms with Gasteiger partial charge in [-0.05, 0) is 0 Å². The van der Waals surface area contributed by atoms with Crippen molar-refractivity contribution in [3.63, 3.8) is 0 Å². The molecule has 0 aromatic heterocycles. The second-order valence-corrected chi connectivity index (χ2v) is 6.23. The molecule has 0 spiro atoms. The molecule has 3 aromatic carbocycles. The third kappa shape index (κ3) is 4.74. The van der Waals surface area contributed by atoms with Gasteiger partial charge in [-0.1, -0.05) is 0 Å². The molecule has 28 heavy (non-hydrogen) atoms. The summed E-state index contributed by atoms with van der Waals surface area (Å²) < 4.78 is 17.0. The van der Waals surface area contributed by atoms with E-state index in [1.54, 1.807) is 0 Å². The molecule has 0 aliphatic rings. The van der Waals surface area contributed by atoms with E-state index in [-0.39, 0.29) is 0 Å². The Bertz CT molecular complexity index is 732. The van der Waals surface area contributed by atoms with Gasteiger partial charge in [-0.2, -0.15) is 0 Å². The summed E-state index contributed by atoms with van der Waals surface area (Å²) >= 11 is 0. The third-order valence-corrected chi connectivity index (χ3v) is 4.52. The van der Waals surface area contributed by atoms with Crippen LogP contribution in [0.3, 0.4) is 0 Å². The van der Waals surface area contributed by atoms with Crippen molar-refractivity contribution in [3.05, 3.63) is 108 Å². The molecule has 4 nitrogen and oxygen atoms in total. The predicted molar refractivity (Wildman–Crippen MR) is 110 cm³/mol. The van der Waals surface area contributed by atoms with Gasteiger partial charge in [0, 0.05) is 0 Å². The fourth-order valence-corrected chi connectivity index (χ4v) is 3.29. The molecule has 3 aromatic rings. The van der Waals surface area contributed by atoms with Gasteiger partial charge in [-0.15, -0.1) is 0 Å². The summed E-state index contributed by atoms with van der Waals surface area (Å²) in [6.07, 6.45) is 0. The zero-order chi connectivity index (χ0) is 19.5. The van der Waals surface area contributed by atoms with E-state index in [9.17, 15) is 0 Å². The quantitative estimate of drug-likeness (QED) is 0.308. The molecule has 0 fully saturated rings. The van der Waals surface area contributed by atoms with Crippen LogP contribution in [0.2, 0.25) is 0 Å². The molecule has 1 N–H and O–H groups in total. The average Bonchev–Trinajstić information content (AvgIpc) is 2.78. The van der Waals surface area contributed by atoms with E-state index in [0.29, 0.717) is 26.4 Å². The normalized spacial score (nSPS) is 11.0. The zero-order valence-electron chi connectivity index (χ0n) is 15.8. The second kappa shape index (κ2) is 10.5. The van der Waals surface area contributed by atoms with E-state index >= 15 is 0 Å². The van der Waals surface area contributed by atoms with Crippen LogP contribution in [0.15, 0.2) is 91.0 Å². The molecule has 0 bridgehead atoms. The SMILES string of the molecule is N=BOCCOCCOC(c1ccccc1)(c1ccccc1)c1ccccc1.